The van der Waals surface area contributed by atoms with Crippen LogP contribution in [-0.2, 0) is 11.3 Å². The van der Waals surface area contributed by atoms with Crippen molar-refractivity contribution in [2.75, 3.05) is 5.32 Å². The molecule has 1 heterocycles. The van der Waals surface area contributed by atoms with Gasteiger partial charge in [0.05, 0.1) is 6.54 Å². The second kappa shape index (κ2) is 7.84. The summed E-state index contributed by atoms with van der Waals surface area (Å²) in [5, 5.41) is 10.0. The number of rotatable bonds is 5. The maximum atomic E-state index is 12.2. The highest BCUT2D eigenvalue weighted by atomic mass is 35.5. The van der Waals surface area contributed by atoms with Crippen LogP contribution < -0.4 is 10.6 Å². The van der Waals surface area contributed by atoms with Gasteiger partial charge in [0.2, 0.25) is 5.91 Å². The minimum Gasteiger partial charge on any atom is -0.356 e. The van der Waals surface area contributed by atoms with E-state index >= 15 is 0 Å². The summed E-state index contributed by atoms with van der Waals surface area (Å²) >= 11 is 5.87. The van der Waals surface area contributed by atoms with Crippen molar-refractivity contribution in [2.24, 2.45) is 0 Å². The smallest absolute Gasteiger partial charge is 0.251 e. The first-order valence-corrected chi connectivity index (χ1v) is 8.26. The fraction of sp³-hybridized carbons (Fsp3) is 0.105. The number of carbonyl (C=O) groups is 2. The molecule has 0 aliphatic heterocycles. The molecule has 0 spiro atoms. The van der Waals surface area contributed by atoms with Crippen molar-refractivity contribution in [1.82, 2.24) is 10.5 Å². The van der Waals surface area contributed by atoms with E-state index in [4.69, 9.17) is 16.1 Å². The van der Waals surface area contributed by atoms with Crippen LogP contribution in [0, 0.1) is 0 Å². The lowest BCUT2D eigenvalue weighted by Crippen LogP contribution is -2.22. The van der Waals surface area contributed by atoms with E-state index in [-0.39, 0.29) is 18.4 Å². The molecule has 0 unspecified atom stereocenters. The molecule has 0 saturated carbocycles. The van der Waals surface area contributed by atoms with Gasteiger partial charge in [0, 0.05) is 34.8 Å². The molecule has 0 aliphatic carbocycles. The molecule has 0 aliphatic rings. The monoisotopic (exact) mass is 369 g/mol. The molecule has 6 nitrogen and oxygen atoms in total. The van der Waals surface area contributed by atoms with Gasteiger partial charge in [-0.15, -0.1) is 0 Å². The van der Waals surface area contributed by atoms with Crippen LogP contribution in [0.1, 0.15) is 23.0 Å². The number of benzene rings is 2. The molecule has 132 valence electrons. The summed E-state index contributed by atoms with van der Waals surface area (Å²) in [5.41, 5.74) is 2.59. The maximum absolute atomic E-state index is 12.2. The maximum Gasteiger partial charge on any atom is 0.251 e. The van der Waals surface area contributed by atoms with Crippen LogP contribution in [0.25, 0.3) is 11.3 Å². The standard InChI is InChI=1S/C19H16ClN3O3/c1-12(24)22-16-8-4-14(5-9-16)19(25)21-11-17-10-18(26-23-17)13-2-6-15(20)7-3-13/h2-10H,11H2,1H3,(H,21,25)(H,22,24). The fourth-order valence-electron chi connectivity index (χ4n) is 2.33. The Morgan fingerprint density at radius 1 is 1.08 bits per heavy atom. The van der Waals surface area contributed by atoms with Crippen LogP contribution in [0.4, 0.5) is 5.69 Å². The molecule has 3 aromatic rings. The molecule has 0 saturated heterocycles. The third kappa shape index (κ3) is 4.49. The van der Waals surface area contributed by atoms with E-state index in [2.05, 4.69) is 15.8 Å². The van der Waals surface area contributed by atoms with Crippen LogP contribution in [0.2, 0.25) is 5.02 Å². The molecule has 0 atom stereocenters. The van der Waals surface area contributed by atoms with Gasteiger partial charge < -0.3 is 15.2 Å². The van der Waals surface area contributed by atoms with E-state index in [0.29, 0.717) is 27.7 Å². The van der Waals surface area contributed by atoms with E-state index in [1.165, 1.54) is 6.92 Å². The zero-order valence-electron chi connectivity index (χ0n) is 14.0. The van der Waals surface area contributed by atoms with Crippen molar-refractivity contribution in [3.05, 3.63) is 70.9 Å². The van der Waals surface area contributed by atoms with Crippen molar-refractivity contribution in [2.45, 2.75) is 13.5 Å². The van der Waals surface area contributed by atoms with Crippen LogP contribution in [0.5, 0.6) is 0 Å². The van der Waals surface area contributed by atoms with Crippen molar-refractivity contribution in [3.8, 4) is 11.3 Å². The normalized spacial score (nSPS) is 10.4. The second-order valence-electron chi connectivity index (χ2n) is 5.63. The number of amides is 2. The number of carbonyl (C=O) groups excluding carboxylic acids is 2. The minimum atomic E-state index is -0.240. The SMILES string of the molecule is CC(=O)Nc1ccc(C(=O)NCc2cc(-c3ccc(Cl)cc3)on2)cc1. The average molecular weight is 370 g/mol. The number of anilines is 1. The lowest BCUT2D eigenvalue weighted by Gasteiger charge is -2.05. The third-order valence-electron chi connectivity index (χ3n) is 3.59. The molecule has 0 radical (unpaired) electrons. The Morgan fingerprint density at radius 2 is 1.77 bits per heavy atom. The number of halogens is 1. The molecular formula is C19H16ClN3O3. The number of nitrogens with zero attached hydrogens (tertiary/aromatic N) is 1. The van der Waals surface area contributed by atoms with E-state index < -0.39 is 0 Å². The Balaban J connectivity index is 1.59. The molecular weight excluding hydrogens is 354 g/mol. The molecule has 1 aromatic heterocycles. The second-order valence-corrected chi connectivity index (χ2v) is 6.07. The fourth-order valence-corrected chi connectivity index (χ4v) is 2.45. The van der Waals surface area contributed by atoms with E-state index in [1.807, 2.05) is 12.1 Å². The lowest BCUT2D eigenvalue weighted by molar-refractivity contribution is -0.114. The lowest BCUT2D eigenvalue weighted by atomic mass is 10.1. The van der Waals surface area contributed by atoms with E-state index in [1.54, 1.807) is 42.5 Å². The van der Waals surface area contributed by atoms with E-state index in [0.717, 1.165) is 5.56 Å². The summed E-state index contributed by atoms with van der Waals surface area (Å²) in [6.45, 7) is 1.67. The first kappa shape index (κ1) is 17.7. The van der Waals surface area contributed by atoms with Gasteiger partial charge in [-0.2, -0.15) is 0 Å². The van der Waals surface area contributed by atoms with Crippen molar-refractivity contribution in [1.29, 1.82) is 0 Å². The van der Waals surface area contributed by atoms with Crippen LogP contribution >= 0.6 is 11.6 Å². The zero-order valence-corrected chi connectivity index (χ0v) is 14.7. The Morgan fingerprint density at radius 3 is 2.42 bits per heavy atom. The predicted molar refractivity (Wildman–Crippen MR) is 98.9 cm³/mol. The summed E-state index contributed by atoms with van der Waals surface area (Å²) in [4.78, 5) is 23.2. The van der Waals surface area contributed by atoms with Crippen LogP contribution in [0.15, 0.2) is 59.1 Å². The van der Waals surface area contributed by atoms with Gasteiger partial charge in [-0.3, -0.25) is 9.59 Å². The molecule has 26 heavy (non-hydrogen) atoms. The number of hydrogen-bond donors (Lipinski definition) is 2. The zero-order chi connectivity index (χ0) is 18.5. The molecule has 3 rings (SSSR count). The largest absolute Gasteiger partial charge is 0.356 e. The quantitative estimate of drug-likeness (QED) is 0.714. The summed E-state index contributed by atoms with van der Waals surface area (Å²) in [6, 6.07) is 15.6. The van der Waals surface area contributed by atoms with Crippen molar-refractivity contribution in [3.63, 3.8) is 0 Å². The summed E-state index contributed by atoms with van der Waals surface area (Å²) in [6.07, 6.45) is 0. The first-order chi connectivity index (χ1) is 12.5. The highest BCUT2D eigenvalue weighted by Crippen LogP contribution is 2.22. The number of nitrogens with one attached hydrogen (secondary N) is 2. The van der Waals surface area contributed by atoms with Gasteiger partial charge in [-0.05, 0) is 48.5 Å². The highest BCUT2D eigenvalue weighted by molar-refractivity contribution is 6.30. The number of aromatic nitrogens is 1. The van der Waals surface area contributed by atoms with Crippen molar-refractivity contribution >= 4 is 29.1 Å². The third-order valence-corrected chi connectivity index (χ3v) is 3.84. The van der Waals surface area contributed by atoms with Crippen LogP contribution in [-0.4, -0.2) is 17.0 Å². The molecule has 7 heteroatoms. The topological polar surface area (TPSA) is 84.2 Å². The van der Waals surface area contributed by atoms with Gasteiger partial charge in [0.25, 0.3) is 5.91 Å². The summed E-state index contributed by atoms with van der Waals surface area (Å²) < 4.78 is 5.30. The summed E-state index contributed by atoms with van der Waals surface area (Å²) in [5.74, 6) is 0.200. The minimum absolute atomic E-state index is 0.162. The first-order valence-electron chi connectivity index (χ1n) is 7.88. The van der Waals surface area contributed by atoms with Gasteiger partial charge in [-0.1, -0.05) is 16.8 Å². The van der Waals surface area contributed by atoms with Gasteiger partial charge in [-0.25, -0.2) is 0 Å². The molecule has 0 bridgehead atoms. The Labute approximate surface area is 155 Å². The Kier molecular flexibility index (Phi) is 5.34. The highest BCUT2D eigenvalue weighted by Gasteiger charge is 2.10. The van der Waals surface area contributed by atoms with Crippen molar-refractivity contribution < 1.29 is 14.1 Å². The predicted octanol–water partition coefficient (Wildman–Crippen LogP) is 3.88. The van der Waals surface area contributed by atoms with E-state index in [9.17, 15) is 9.59 Å². The Bertz CT molecular complexity index is 918. The number of hydrogen-bond acceptors (Lipinski definition) is 4. The average Bonchev–Trinajstić information content (AvgIpc) is 3.09. The molecule has 2 amide bonds. The van der Waals surface area contributed by atoms with Gasteiger partial charge in [0.15, 0.2) is 5.76 Å². The molecule has 0 fully saturated rings. The van der Waals surface area contributed by atoms with Gasteiger partial charge >= 0.3 is 0 Å². The molecule has 2 N–H and O–H groups in total. The summed E-state index contributed by atoms with van der Waals surface area (Å²) in [7, 11) is 0. The van der Waals surface area contributed by atoms with Gasteiger partial charge in [0.1, 0.15) is 5.69 Å². The Hall–Kier alpha value is -3.12. The van der Waals surface area contributed by atoms with Crippen LogP contribution in [0.3, 0.4) is 0 Å². The molecule has 2 aromatic carbocycles.